The molecule has 0 aliphatic carbocycles. The summed E-state index contributed by atoms with van der Waals surface area (Å²) in [6, 6.07) is 3.50. The Labute approximate surface area is 108 Å². The lowest BCUT2D eigenvalue weighted by molar-refractivity contribution is -0.274. The molecule has 1 aromatic carbocycles. The molecule has 0 saturated carbocycles. The maximum absolute atomic E-state index is 12.2. The van der Waals surface area contributed by atoms with Gasteiger partial charge in [-0.1, -0.05) is 6.07 Å². The molecule has 19 heavy (non-hydrogen) atoms. The van der Waals surface area contributed by atoms with E-state index >= 15 is 0 Å². The number of carbonyl (C=O) groups is 1. The first-order valence-electron chi connectivity index (χ1n) is 5.31. The van der Waals surface area contributed by atoms with Crippen LogP contribution >= 0.6 is 0 Å². The first-order valence-corrected chi connectivity index (χ1v) is 8.71. The maximum Gasteiger partial charge on any atom is 0.573 e. The van der Waals surface area contributed by atoms with Gasteiger partial charge in [-0.05, 0) is 31.8 Å². The van der Waals surface area contributed by atoms with Gasteiger partial charge >= 0.3 is 12.3 Å². The number of alkyl halides is 3. The lowest BCUT2D eigenvalue weighted by Gasteiger charge is -2.22. The van der Waals surface area contributed by atoms with Gasteiger partial charge in [0.25, 0.3) is 0 Å². The first-order chi connectivity index (χ1) is 8.49. The van der Waals surface area contributed by atoms with Crippen LogP contribution in [0.4, 0.5) is 13.2 Å². The van der Waals surface area contributed by atoms with Gasteiger partial charge in [-0.25, -0.2) is 4.79 Å². The van der Waals surface area contributed by atoms with E-state index in [4.69, 9.17) is 9.53 Å². The minimum atomic E-state index is -4.96. The molecule has 0 bridgehead atoms. The molecule has 1 aromatic rings. The molecule has 0 spiro atoms. The first kappa shape index (κ1) is 15.4. The molecule has 0 aliphatic rings. The normalized spacial score (nSPS) is 12.1. The molecule has 0 fully saturated rings. The SMILES string of the molecule is C[Si](C)(C)Oc1cccc(OC(F)(F)F)c1C(=O)O. The minimum Gasteiger partial charge on any atom is -0.544 e. The number of hydrogen-bond donors (Lipinski definition) is 1. The summed E-state index contributed by atoms with van der Waals surface area (Å²) in [4.78, 5) is 11.1. The van der Waals surface area contributed by atoms with Crippen molar-refractivity contribution in [2.24, 2.45) is 0 Å². The summed E-state index contributed by atoms with van der Waals surface area (Å²) < 4.78 is 45.8. The molecule has 8 heteroatoms. The van der Waals surface area contributed by atoms with E-state index in [2.05, 4.69) is 4.74 Å². The summed E-state index contributed by atoms with van der Waals surface area (Å²) in [6.45, 7) is 5.36. The van der Waals surface area contributed by atoms with Crippen LogP contribution in [0.3, 0.4) is 0 Å². The van der Waals surface area contributed by atoms with Gasteiger partial charge in [0, 0.05) is 0 Å². The van der Waals surface area contributed by atoms with Crippen LogP contribution in [0.15, 0.2) is 18.2 Å². The fraction of sp³-hybridized carbons (Fsp3) is 0.364. The number of carboxylic acids is 1. The van der Waals surface area contributed by atoms with Crippen molar-refractivity contribution >= 4 is 14.3 Å². The summed E-state index contributed by atoms with van der Waals surface area (Å²) in [6.07, 6.45) is -4.96. The molecule has 1 N–H and O–H groups in total. The lowest BCUT2D eigenvalue weighted by atomic mass is 10.2. The number of rotatable bonds is 4. The molecule has 0 aromatic heterocycles. The van der Waals surface area contributed by atoms with Crippen molar-refractivity contribution in [1.82, 2.24) is 0 Å². The number of carboxylic acid groups (broad SMARTS) is 1. The van der Waals surface area contributed by atoms with Crippen LogP contribution in [0.25, 0.3) is 0 Å². The molecule has 0 amide bonds. The molecule has 1 rings (SSSR count). The largest absolute Gasteiger partial charge is 0.573 e. The van der Waals surface area contributed by atoms with E-state index in [1.807, 2.05) is 0 Å². The molecule has 4 nitrogen and oxygen atoms in total. The van der Waals surface area contributed by atoms with E-state index in [1.54, 1.807) is 19.6 Å². The Balaban J connectivity index is 3.26. The van der Waals surface area contributed by atoms with Crippen LogP contribution in [-0.2, 0) is 0 Å². The smallest absolute Gasteiger partial charge is 0.544 e. The molecular weight excluding hydrogens is 281 g/mol. The lowest BCUT2D eigenvalue weighted by Crippen LogP contribution is -2.30. The molecule has 0 aliphatic heterocycles. The van der Waals surface area contributed by atoms with E-state index in [0.717, 1.165) is 6.07 Å². The average Bonchev–Trinajstić information content (AvgIpc) is 2.11. The third-order valence-electron chi connectivity index (χ3n) is 1.84. The zero-order valence-electron chi connectivity index (χ0n) is 10.5. The number of halogens is 3. The highest BCUT2D eigenvalue weighted by molar-refractivity contribution is 6.70. The van der Waals surface area contributed by atoms with Gasteiger partial charge in [0.1, 0.15) is 17.1 Å². The van der Waals surface area contributed by atoms with Gasteiger partial charge in [0.2, 0.25) is 8.32 Å². The fourth-order valence-electron chi connectivity index (χ4n) is 1.35. The van der Waals surface area contributed by atoms with Crippen LogP contribution < -0.4 is 9.16 Å². The second-order valence-electron chi connectivity index (χ2n) is 4.70. The Hall–Kier alpha value is -1.70. The van der Waals surface area contributed by atoms with Crippen molar-refractivity contribution in [1.29, 1.82) is 0 Å². The van der Waals surface area contributed by atoms with E-state index in [0.29, 0.717) is 0 Å². The van der Waals surface area contributed by atoms with Crippen molar-refractivity contribution in [3.05, 3.63) is 23.8 Å². The van der Waals surface area contributed by atoms with Crippen molar-refractivity contribution < 1.29 is 32.2 Å². The van der Waals surface area contributed by atoms with Gasteiger partial charge in [-0.3, -0.25) is 0 Å². The van der Waals surface area contributed by atoms with Crippen molar-refractivity contribution in [3.8, 4) is 11.5 Å². The average molecular weight is 294 g/mol. The van der Waals surface area contributed by atoms with Gasteiger partial charge in [0.05, 0.1) is 0 Å². The van der Waals surface area contributed by atoms with E-state index in [9.17, 15) is 18.0 Å². The van der Waals surface area contributed by atoms with Gasteiger partial charge in [0.15, 0.2) is 0 Å². The quantitative estimate of drug-likeness (QED) is 0.864. The molecule has 106 valence electrons. The van der Waals surface area contributed by atoms with Crippen molar-refractivity contribution in [2.75, 3.05) is 0 Å². The second-order valence-corrected chi connectivity index (χ2v) is 9.13. The number of hydrogen-bond acceptors (Lipinski definition) is 3. The van der Waals surface area contributed by atoms with Gasteiger partial charge in [-0.15, -0.1) is 13.2 Å². The highest BCUT2D eigenvalue weighted by atomic mass is 28.4. The zero-order chi connectivity index (χ0) is 14.8. The number of ether oxygens (including phenoxy) is 1. The molecule has 0 saturated heterocycles. The van der Waals surface area contributed by atoms with Gasteiger partial charge < -0.3 is 14.3 Å². The standard InChI is InChI=1S/C11H13F3O4Si/c1-19(2,3)18-8-6-4-5-7(9(8)10(15)16)17-11(12,13)14/h4-6H,1-3H3,(H,15,16). The van der Waals surface area contributed by atoms with Gasteiger partial charge in [-0.2, -0.15) is 0 Å². The minimum absolute atomic E-state index is 0.117. The third kappa shape index (κ3) is 4.82. The van der Waals surface area contributed by atoms with Crippen molar-refractivity contribution in [2.45, 2.75) is 26.0 Å². The molecule has 0 heterocycles. The highest BCUT2D eigenvalue weighted by Gasteiger charge is 2.34. The Bertz CT molecular complexity index is 446. The van der Waals surface area contributed by atoms with Crippen molar-refractivity contribution in [3.63, 3.8) is 0 Å². The summed E-state index contributed by atoms with van der Waals surface area (Å²) in [7, 11) is -2.16. The van der Waals surface area contributed by atoms with E-state index in [-0.39, 0.29) is 5.75 Å². The Kier molecular flexibility index (Phi) is 4.14. The Morgan fingerprint density at radius 2 is 1.74 bits per heavy atom. The predicted octanol–water partition coefficient (Wildman–Crippen LogP) is 3.50. The van der Waals surface area contributed by atoms with E-state index < -0.39 is 32.0 Å². The maximum atomic E-state index is 12.2. The summed E-state index contributed by atoms with van der Waals surface area (Å²) in [5.74, 6) is -2.43. The summed E-state index contributed by atoms with van der Waals surface area (Å²) >= 11 is 0. The molecule has 0 radical (unpaired) electrons. The van der Waals surface area contributed by atoms with Crippen LogP contribution in [0.2, 0.25) is 19.6 Å². The van der Waals surface area contributed by atoms with Crippen LogP contribution in [0, 0.1) is 0 Å². The Morgan fingerprint density at radius 3 is 2.16 bits per heavy atom. The summed E-state index contributed by atoms with van der Waals surface area (Å²) in [5.41, 5.74) is -0.623. The zero-order valence-corrected chi connectivity index (χ0v) is 11.5. The van der Waals surface area contributed by atoms with Crippen LogP contribution in [-0.4, -0.2) is 25.8 Å². The van der Waals surface area contributed by atoms with Crippen LogP contribution in [0.1, 0.15) is 10.4 Å². The topological polar surface area (TPSA) is 55.8 Å². The van der Waals surface area contributed by atoms with Crippen LogP contribution in [0.5, 0.6) is 11.5 Å². The third-order valence-corrected chi connectivity index (χ3v) is 2.68. The monoisotopic (exact) mass is 294 g/mol. The molecule has 0 unspecified atom stereocenters. The number of benzene rings is 1. The second kappa shape index (κ2) is 5.12. The summed E-state index contributed by atoms with van der Waals surface area (Å²) in [5, 5.41) is 9.03. The predicted molar refractivity (Wildman–Crippen MR) is 64.1 cm³/mol. The van der Waals surface area contributed by atoms with E-state index in [1.165, 1.54) is 12.1 Å². The fourth-order valence-corrected chi connectivity index (χ4v) is 2.18. The molecule has 0 atom stereocenters. The number of aromatic carboxylic acids is 1. The Morgan fingerprint density at radius 1 is 1.21 bits per heavy atom. The molecular formula is C11H13F3O4Si. The highest BCUT2D eigenvalue weighted by Crippen LogP contribution is 2.33.